The van der Waals surface area contributed by atoms with E-state index in [1.807, 2.05) is 24.3 Å². The molecule has 1 amide bonds. The van der Waals surface area contributed by atoms with Crippen LogP contribution in [0, 0.1) is 5.92 Å². The molecule has 0 fully saturated rings. The molecule has 3 N–H and O–H groups in total. The van der Waals surface area contributed by atoms with Gasteiger partial charge in [0.25, 0.3) is 5.91 Å². The van der Waals surface area contributed by atoms with E-state index in [4.69, 9.17) is 17.3 Å². The predicted molar refractivity (Wildman–Crippen MR) is 83.0 cm³/mol. The maximum Gasteiger partial charge on any atom is 0.271 e. The summed E-state index contributed by atoms with van der Waals surface area (Å²) in [5, 5.41) is 5.71. The molecule has 0 radical (unpaired) electrons. The minimum absolute atomic E-state index is 0.0947. The minimum Gasteiger partial charge on any atom is -0.375 e. The summed E-state index contributed by atoms with van der Waals surface area (Å²) in [6.45, 7) is 4.10. The summed E-state index contributed by atoms with van der Waals surface area (Å²) >= 11 is 7.14. The summed E-state index contributed by atoms with van der Waals surface area (Å²) < 4.78 is 0. The van der Waals surface area contributed by atoms with Gasteiger partial charge in [-0.15, -0.1) is 11.3 Å². The Bertz CT molecular complexity index is 595. The van der Waals surface area contributed by atoms with E-state index >= 15 is 0 Å². The zero-order chi connectivity index (χ0) is 14.7. The van der Waals surface area contributed by atoms with Crippen LogP contribution in [0.5, 0.6) is 0 Å². The lowest BCUT2D eigenvalue weighted by molar-refractivity contribution is 0.0921. The molecule has 0 aliphatic carbocycles. The highest BCUT2D eigenvalue weighted by molar-refractivity contribution is 7.13. The van der Waals surface area contributed by atoms with Gasteiger partial charge in [-0.3, -0.25) is 4.79 Å². The van der Waals surface area contributed by atoms with Crippen molar-refractivity contribution in [1.29, 1.82) is 0 Å². The molecule has 6 heteroatoms. The average molecular weight is 310 g/mol. The number of hydrogen-bond donors (Lipinski definition) is 2. The zero-order valence-corrected chi connectivity index (χ0v) is 12.8. The normalized spacial score (nSPS) is 12.4. The first-order valence-corrected chi connectivity index (χ1v) is 7.50. The van der Waals surface area contributed by atoms with Gasteiger partial charge in [-0.05, 0) is 23.6 Å². The largest absolute Gasteiger partial charge is 0.375 e. The van der Waals surface area contributed by atoms with Crippen molar-refractivity contribution in [2.24, 2.45) is 5.92 Å². The molecule has 2 rings (SSSR count). The summed E-state index contributed by atoms with van der Waals surface area (Å²) in [5.74, 6) is 0.0303. The average Bonchev–Trinajstić information content (AvgIpc) is 2.83. The molecule has 1 aromatic carbocycles. The van der Waals surface area contributed by atoms with Crippen LogP contribution < -0.4 is 11.1 Å². The third-order valence-electron chi connectivity index (χ3n) is 2.94. The van der Waals surface area contributed by atoms with Crippen LogP contribution in [0.1, 0.15) is 35.9 Å². The van der Waals surface area contributed by atoms with E-state index in [1.54, 1.807) is 5.38 Å². The van der Waals surface area contributed by atoms with E-state index < -0.39 is 0 Å². The molecule has 1 atom stereocenters. The van der Waals surface area contributed by atoms with Crippen molar-refractivity contribution in [1.82, 2.24) is 10.3 Å². The first kappa shape index (κ1) is 14.8. The summed E-state index contributed by atoms with van der Waals surface area (Å²) in [6, 6.07) is 7.38. The van der Waals surface area contributed by atoms with E-state index in [2.05, 4.69) is 24.1 Å². The van der Waals surface area contributed by atoms with E-state index in [-0.39, 0.29) is 17.9 Å². The van der Waals surface area contributed by atoms with Crippen LogP contribution in [0.4, 0.5) is 5.13 Å². The molecule has 4 nitrogen and oxygen atoms in total. The van der Waals surface area contributed by atoms with Gasteiger partial charge in [-0.25, -0.2) is 4.98 Å². The highest BCUT2D eigenvalue weighted by Crippen LogP contribution is 2.24. The first-order valence-electron chi connectivity index (χ1n) is 6.24. The maximum atomic E-state index is 12.2. The Morgan fingerprint density at radius 1 is 1.35 bits per heavy atom. The number of nitrogens with one attached hydrogen (secondary N) is 1. The van der Waals surface area contributed by atoms with Gasteiger partial charge in [-0.2, -0.15) is 0 Å². The highest BCUT2D eigenvalue weighted by Gasteiger charge is 2.20. The van der Waals surface area contributed by atoms with Gasteiger partial charge >= 0.3 is 0 Å². The van der Waals surface area contributed by atoms with Gasteiger partial charge in [0.2, 0.25) is 0 Å². The Hall–Kier alpha value is -1.59. The lowest BCUT2D eigenvalue weighted by atomic mass is 9.96. The molecule has 1 heterocycles. The number of carbonyl (C=O) groups excluding carboxylic acids is 1. The van der Waals surface area contributed by atoms with Crippen LogP contribution >= 0.6 is 22.9 Å². The molecule has 0 spiro atoms. The Morgan fingerprint density at radius 3 is 2.50 bits per heavy atom. The van der Waals surface area contributed by atoms with E-state index in [1.165, 1.54) is 11.3 Å². The number of halogens is 1. The SMILES string of the molecule is CC(C)C(NC(=O)c1csc(N)n1)c1ccc(Cl)cc1. The number of nitrogen functional groups attached to an aromatic ring is 1. The van der Waals surface area contributed by atoms with Crippen molar-refractivity contribution in [3.8, 4) is 0 Å². The Balaban J connectivity index is 2.17. The Kier molecular flexibility index (Phi) is 4.62. The smallest absolute Gasteiger partial charge is 0.271 e. The van der Waals surface area contributed by atoms with Crippen molar-refractivity contribution < 1.29 is 4.79 Å². The fraction of sp³-hybridized carbons (Fsp3) is 0.286. The molecule has 20 heavy (non-hydrogen) atoms. The molecule has 0 aliphatic rings. The van der Waals surface area contributed by atoms with Gasteiger partial charge < -0.3 is 11.1 Å². The number of anilines is 1. The molecule has 1 aromatic heterocycles. The number of aromatic nitrogens is 1. The number of amides is 1. The lowest BCUT2D eigenvalue weighted by Gasteiger charge is -2.22. The third kappa shape index (κ3) is 3.49. The molecule has 1 unspecified atom stereocenters. The Labute approximate surface area is 127 Å². The quantitative estimate of drug-likeness (QED) is 0.908. The van der Waals surface area contributed by atoms with Gasteiger partial charge in [0, 0.05) is 10.4 Å². The van der Waals surface area contributed by atoms with Crippen LogP contribution in [0.2, 0.25) is 5.02 Å². The number of carbonyl (C=O) groups is 1. The standard InChI is InChI=1S/C14H16ClN3OS/c1-8(2)12(9-3-5-10(15)6-4-9)18-13(19)11-7-20-14(16)17-11/h3-8,12H,1-2H3,(H2,16,17)(H,18,19). The first-order chi connectivity index (χ1) is 9.47. The second-order valence-corrected chi connectivity index (χ2v) is 6.14. The molecule has 106 valence electrons. The number of benzene rings is 1. The van der Waals surface area contributed by atoms with Crippen molar-refractivity contribution in [2.45, 2.75) is 19.9 Å². The zero-order valence-electron chi connectivity index (χ0n) is 11.3. The van der Waals surface area contributed by atoms with Crippen LogP contribution in [-0.2, 0) is 0 Å². The monoisotopic (exact) mass is 309 g/mol. The van der Waals surface area contributed by atoms with Crippen molar-refractivity contribution in [3.63, 3.8) is 0 Å². The molecular formula is C14H16ClN3OS. The van der Waals surface area contributed by atoms with Crippen LogP contribution in [0.3, 0.4) is 0 Å². The molecule has 0 saturated heterocycles. The van der Waals surface area contributed by atoms with Crippen LogP contribution in [0.15, 0.2) is 29.6 Å². The van der Waals surface area contributed by atoms with Crippen LogP contribution in [0.25, 0.3) is 0 Å². The number of nitrogens with zero attached hydrogens (tertiary/aromatic N) is 1. The third-order valence-corrected chi connectivity index (χ3v) is 3.86. The van der Waals surface area contributed by atoms with Crippen molar-refractivity contribution >= 4 is 34.0 Å². The molecule has 2 aromatic rings. The molecule has 0 aliphatic heterocycles. The van der Waals surface area contributed by atoms with Gasteiger partial charge in [0.1, 0.15) is 5.69 Å². The summed E-state index contributed by atoms with van der Waals surface area (Å²) in [7, 11) is 0. The molecular weight excluding hydrogens is 294 g/mol. The second kappa shape index (κ2) is 6.24. The fourth-order valence-corrected chi connectivity index (χ4v) is 2.58. The minimum atomic E-state index is -0.216. The van der Waals surface area contributed by atoms with Gasteiger partial charge in [0.15, 0.2) is 5.13 Å². The van der Waals surface area contributed by atoms with Gasteiger partial charge in [-0.1, -0.05) is 37.6 Å². The summed E-state index contributed by atoms with van der Waals surface area (Å²) in [6.07, 6.45) is 0. The van der Waals surface area contributed by atoms with E-state index in [0.717, 1.165) is 5.56 Å². The van der Waals surface area contributed by atoms with E-state index in [0.29, 0.717) is 15.8 Å². The Morgan fingerprint density at radius 2 is 2.00 bits per heavy atom. The lowest BCUT2D eigenvalue weighted by Crippen LogP contribution is -2.32. The number of thiazole rings is 1. The summed E-state index contributed by atoms with van der Waals surface area (Å²) in [4.78, 5) is 16.2. The summed E-state index contributed by atoms with van der Waals surface area (Å²) in [5.41, 5.74) is 6.92. The fourth-order valence-electron chi connectivity index (χ4n) is 1.91. The second-order valence-electron chi connectivity index (χ2n) is 4.82. The number of rotatable bonds is 4. The van der Waals surface area contributed by atoms with Crippen molar-refractivity contribution in [2.75, 3.05) is 5.73 Å². The topological polar surface area (TPSA) is 68.0 Å². The predicted octanol–water partition coefficient (Wildman–Crippen LogP) is 3.51. The van der Waals surface area contributed by atoms with Gasteiger partial charge in [0.05, 0.1) is 6.04 Å². The van der Waals surface area contributed by atoms with E-state index in [9.17, 15) is 4.79 Å². The molecule has 0 bridgehead atoms. The molecule has 0 saturated carbocycles. The van der Waals surface area contributed by atoms with Crippen molar-refractivity contribution in [3.05, 3.63) is 45.9 Å². The highest BCUT2D eigenvalue weighted by atomic mass is 35.5. The van der Waals surface area contributed by atoms with Crippen LogP contribution in [-0.4, -0.2) is 10.9 Å². The number of hydrogen-bond acceptors (Lipinski definition) is 4. The maximum absolute atomic E-state index is 12.2. The number of nitrogens with two attached hydrogens (primary N) is 1.